The molecule has 0 fully saturated rings. The summed E-state index contributed by atoms with van der Waals surface area (Å²) in [6.45, 7) is 2.37. The Balaban J connectivity index is 2.99. The number of rotatable bonds is 5. The highest BCUT2D eigenvalue weighted by Gasteiger charge is 2.21. The Morgan fingerprint density at radius 3 is 2.50 bits per heavy atom. The average molecular weight is 279 g/mol. The van der Waals surface area contributed by atoms with Gasteiger partial charge < -0.3 is 20.6 Å². The fourth-order valence-corrected chi connectivity index (χ4v) is 1.73. The molecule has 6 heteroatoms. The van der Waals surface area contributed by atoms with E-state index < -0.39 is 0 Å². The summed E-state index contributed by atoms with van der Waals surface area (Å²) in [7, 11) is 3.28. The second-order valence-corrected chi connectivity index (χ2v) is 4.79. The Morgan fingerprint density at radius 2 is 1.95 bits per heavy atom. The first kappa shape index (κ1) is 15.8. The monoisotopic (exact) mass is 279 g/mol. The molecule has 0 saturated heterocycles. The minimum absolute atomic E-state index is 0.00519. The van der Waals surface area contributed by atoms with Crippen molar-refractivity contribution in [3.8, 4) is 5.75 Å². The van der Waals surface area contributed by atoms with Gasteiger partial charge in [0.2, 0.25) is 5.91 Å². The van der Waals surface area contributed by atoms with Crippen LogP contribution in [0.15, 0.2) is 18.2 Å². The van der Waals surface area contributed by atoms with E-state index in [0.29, 0.717) is 6.54 Å². The number of nitrogens with zero attached hydrogens (tertiary/aromatic N) is 2. The van der Waals surface area contributed by atoms with Crippen molar-refractivity contribution in [1.29, 1.82) is 0 Å². The largest absolute Gasteiger partial charge is 0.508 e. The van der Waals surface area contributed by atoms with Crippen LogP contribution in [0.3, 0.4) is 0 Å². The number of carbonyl (C=O) groups excluding carboxylic acids is 2. The summed E-state index contributed by atoms with van der Waals surface area (Å²) in [5.74, 6) is -0.543. The third-order valence-electron chi connectivity index (χ3n) is 2.87. The molecule has 6 nitrogen and oxygen atoms in total. The van der Waals surface area contributed by atoms with Gasteiger partial charge in [0.15, 0.2) is 0 Å². The van der Waals surface area contributed by atoms with Crippen LogP contribution < -0.4 is 5.73 Å². The number of hydrogen-bond acceptors (Lipinski definition) is 4. The third kappa shape index (κ3) is 3.88. The van der Waals surface area contributed by atoms with Crippen LogP contribution in [0.2, 0.25) is 0 Å². The van der Waals surface area contributed by atoms with Gasteiger partial charge in [0.05, 0.1) is 5.56 Å². The first-order valence-electron chi connectivity index (χ1n) is 6.44. The van der Waals surface area contributed by atoms with Crippen molar-refractivity contribution in [3.63, 3.8) is 0 Å². The molecule has 0 aliphatic heterocycles. The smallest absolute Gasteiger partial charge is 0.256 e. The summed E-state index contributed by atoms with van der Waals surface area (Å²) < 4.78 is 0. The Morgan fingerprint density at radius 1 is 1.30 bits per heavy atom. The molecule has 2 amide bonds. The maximum atomic E-state index is 12.4. The summed E-state index contributed by atoms with van der Waals surface area (Å²) in [5, 5.41) is 9.47. The number of benzene rings is 1. The van der Waals surface area contributed by atoms with E-state index in [-0.39, 0.29) is 35.4 Å². The lowest BCUT2D eigenvalue weighted by molar-refractivity contribution is -0.129. The van der Waals surface area contributed by atoms with Gasteiger partial charge in [-0.2, -0.15) is 0 Å². The molecule has 3 N–H and O–H groups in total. The highest BCUT2D eigenvalue weighted by Crippen LogP contribution is 2.20. The van der Waals surface area contributed by atoms with Crippen molar-refractivity contribution in [2.75, 3.05) is 32.9 Å². The first-order valence-corrected chi connectivity index (χ1v) is 6.44. The van der Waals surface area contributed by atoms with Crippen LogP contribution in [0.5, 0.6) is 5.75 Å². The van der Waals surface area contributed by atoms with Crippen molar-refractivity contribution in [2.45, 2.75) is 13.3 Å². The molecule has 0 saturated carbocycles. The number of phenols is 1. The molecular formula is C14H21N3O3. The number of anilines is 1. The number of nitrogen functional groups attached to an aromatic ring is 1. The van der Waals surface area contributed by atoms with Gasteiger partial charge in [-0.1, -0.05) is 6.92 Å². The minimum Gasteiger partial charge on any atom is -0.508 e. The van der Waals surface area contributed by atoms with E-state index in [2.05, 4.69) is 0 Å². The molecule has 0 radical (unpaired) electrons. The number of likely N-dealkylation sites (N-methyl/N-ethyl adjacent to an activating group) is 1. The number of nitrogens with two attached hydrogens (primary N) is 1. The normalized spacial score (nSPS) is 10.2. The Kier molecular flexibility index (Phi) is 5.37. The molecule has 0 spiro atoms. The Hall–Kier alpha value is -2.24. The van der Waals surface area contributed by atoms with Gasteiger partial charge in [0, 0.05) is 26.3 Å². The van der Waals surface area contributed by atoms with E-state index in [1.165, 1.54) is 28.0 Å². The molecular weight excluding hydrogens is 258 g/mol. The molecule has 0 unspecified atom stereocenters. The molecule has 0 aliphatic rings. The highest BCUT2D eigenvalue weighted by molar-refractivity contribution is 6.01. The van der Waals surface area contributed by atoms with Crippen molar-refractivity contribution < 1.29 is 14.7 Å². The van der Waals surface area contributed by atoms with Crippen LogP contribution in [0.1, 0.15) is 23.7 Å². The average Bonchev–Trinajstić information content (AvgIpc) is 2.40. The molecule has 110 valence electrons. The number of amides is 2. The van der Waals surface area contributed by atoms with Crippen LogP contribution in [0.4, 0.5) is 5.69 Å². The zero-order valence-corrected chi connectivity index (χ0v) is 12.1. The van der Waals surface area contributed by atoms with E-state index in [1.54, 1.807) is 14.1 Å². The van der Waals surface area contributed by atoms with Gasteiger partial charge in [-0.3, -0.25) is 9.59 Å². The van der Waals surface area contributed by atoms with Crippen molar-refractivity contribution in [1.82, 2.24) is 9.80 Å². The lowest BCUT2D eigenvalue weighted by atomic mass is 10.1. The van der Waals surface area contributed by atoms with Crippen LogP contribution in [-0.4, -0.2) is 53.9 Å². The van der Waals surface area contributed by atoms with Crippen LogP contribution >= 0.6 is 0 Å². The SMILES string of the molecule is CCCN(CC(=O)N(C)C)C(=O)c1cc(O)ccc1N. The van der Waals surface area contributed by atoms with E-state index in [4.69, 9.17) is 5.73 Å². The maximum Gasteiger partial charge on any atom is 0.256 e. The number of phenolic OH excluding ortho intramolecular Hbond substituents is 1. The fourth-order valence-electron chi connectivity index (χ4n) is 1.73. The van der Waals surface area contributed by atoms with E-state index in [1.807, 2.05) is 6.92 Å². The molecule has 0 bridgehead atoms. The summed E-state index contributed by atoms with van der Waals surface area (Å²) in [6.07, 6.45) is 0.727. The van der Waals surface area contributed by atoms with E-state index in [9.17, 15) is 14.7 Å². The topological polar surface area (TPSA) is 86.9 Å². The molecule has 0 heterocycles. The standard InChI is InChI=1S/C14H21N3O3/c1-4-7-17(9-13(19)16(2)3)14(20)11-8-10(18)5-6-12(11)15/h5-6,8,18H,4,7,9,15H2,1-3H3. The maximum absolute atomic E-state index is 12.4. The second-order valence-electron chi connectivity index (χ2n) is 4.79. The van der Waals surface area contributed by atoms with Gasteiger partial charge in [-0.25, -0.2) is 0 Å². The summed E-state index contributed by atoms with van der Waals surface area (Å²) in [4.78, 5) is 27.1. The predicted molar refractivity (Wildman–Crippen MR) is 77.4 cm³/mol. The zero-order chi connectivity index (χ0) is 15.3. The summed E-state index contributed by atoms with van der Waals surface area (Å²) in [5.41, 5.74) is 6.26. The zero-order valence-electron chi connectivity index (χ0n) is 12.1. The third-order valence-corrected chi connectivity index (χ3v) is 2.87. The molecule has 1 aromatic carbocycles. The molecule has 0 aromatic heterocycles. The van der Waals surface area contributed by atoms with Gasteiger partial charge in [-0.05, 0) is 24.6 Å². The number of hydrogen-bond donors (Lipinski definition) is 2. The molecule has 0 atom stereocenters. The fraction of sp³-hybridized carbons (Fsp3) is 0.429. The summed E-state index contributed by atoms with van der Waals surface area (Å²) in [6, 6.07) is 4.21. The van der Waals surface area contributed by atoms with Crippen molar-refractivity contribution in [2.24, 2.45) is 0 Å². The van der Waals surface area contributed by atoms with Gasteiger partial charge in [-0.15, -0.1) is 0 Å². The van der Waals surface area contributed by atoms with Crippen LogP contribution in [-0.2, 0) is 4.79 Å². The van der Waals surface area contributed by atoms with Crippen molar-refractivity contribution in [3.05, 3.63) is 23.8 Å². The number of aromatic hydroxyl groups is 1. The van der Waals surface area contributed by atoms with Crippen molar-refractivity contribution >= 4 is 17.5 Å². The molecule has 1 aromatic rings. The minimum atomic E-state index is -0.351. The second kappa shape index (κ2) is 6.79. The van der Waals surface area contributed by atoms with Gasteiger partial charge in [0.1, 0.15) is 12.3 Å². The lowest BCUT2D eigenvalue weighted by Crippen LogP contribution is -2.40. The van der Waals surface area contributed by atoms with Crippen LogP contribution in [0.25, 0.3) is 0 Å². The predicted octanol–water partition coefficient (Wildman–Crippen LogP) is 0.915. The van der Waals surface area contributed by atoms with Gasteiger partial charge >= 0.3 is 0 Å². The van der Waals surface area contributed by atoms with Gasteiger partial charge in [0.25, 0.3) is 5.91 Å². The van der Waals surface area contributed by atoms with Crippen LogP contribution in [0, 0.1) is 0 Å². The quantitative estimate of drug-likeness (QED) is 0.619. The molecule has 20 heavy (non-hydrogen) atoms. The lowest BCUT2D eigenvalue weighted by Gasteiger charge is -2.24. The molecule has 1 rings (SSSR count). The van der Waals surface area contributed by atoms with E-state index >= 15 is 0 Å². The summed E-state index contributed by atoms with van der Waals surface area (Å²) >= 11 is 0. The Labute approximate surface area is 118 Å². The number of carbonyl (C=O) groups is 2. The molecule has 0 aliphatic carbocycles. The highest BCUT2D eigenvalue weighted by atomic mass is 16.3. The van der Waals surface area contributed by atoms with E-state index in [0.717, 1.165) is 6.42 Å². The Bertz CT molecular complexity index is 500. The first-order chi connectivity index (χ1) is 9.36.